The number of rotatable bonds is 3. The van der Waals surface area contributed by atoms with Crippen LogP contribution in [0.15, 0.2) is 103 Å². The highest BCUT2D eigenvalue weighted by molar-refractivity contribution is 7.99. The van der Waals surface area contributed by atoms with E-state index >= 15 is 0 Å². The molecule has 0 atom stereocenters. The highest BCUT2D eigenvalue weighted by atomic mass is 32.2. The lowest BCUT2D eigenvalue weighted by Gasteiger charge is -2.14. The van der Waals surface area contributed by atoms with E-state index in [0.717, 1.165) is 11.8 Å². The Hall–Kier alpha value is -3.84. The van der Waals surface area contributed by atoms with Crippen molar-refractivity contribution < 1.29 is 13.9 Å². The molecule has 2 aromatic heterocycles. The van der Waals surface area contributed by atoms with Crippen LogP contribution in [0.4, 0.5) is 4.39 Å². The minimum atomic E-state index is -0.804. The Morgan fingerprint density at radius 2 is 1.65 bits per heavy atom. The Kier molecular flexibility index (Phi) is 4.60. The Morgan fingerprint density at radius 3 is 2.42 bits per heavy atom. The Balaban J connectivity index is 1.87. The first-order chi connectivity index (χ1) is 15.0. The molecule has 0 fully saturated rings. The monoisotopic (exact) mass is 431 g/mol. The molecule has 5 nitrogen and oxygen atoms in total. The largest absolute Gasteiger partial charge is 0.505 e. The average Bonchev–Trinajstić information content (AvgIpc) is 2.77. The van der Waals surface area contributed by atoms with E-state index in [1.807, 2.05) is 6.07 Å². The van der Waals surface area contributed by atoms with Crippen molar-refractivity contribution in [3.05, 3.63) is 105 Å². The molecule has 2 heterocycles. The molecular weight excluding hydrogens is 417 g/mol. The molecule has 7 heteroatoms. The third kappa shape index (κ3) is 3.19. The molecule has 152 valence electrons. The number of nitrogens with zero attached hydrogens (tertiary/aromatic N) is 1. The number of hydrogen-bond donors (Lipinski definition) is 1. The molecule has 0 aliphatic heterocycles. The number of hydrogen-bond acceptors (Lipinski definition) is 5. The molecule has 3 aromatic carbocycles. The van der Waals surface area contributed by atoms with Crippen LogP contribution in [0.5, 0.6) is 5.75 Å². The number of aromatic nitrogens is 1. The summed E-state index contributed by atoms with van der Waals surface area (Å²) in [5.74, 6) is -0.965. The van der Waals surface area contributed by atoms with Crippen molar-refractivity contribution in [3.8, 4) is 11.4 Å². The zero-order chi connectivity index (χ0) is 21.5. The van der Waals surface area contributed by atoms with Crippen molar-refractivity contribution in [1.29, 1.82) is 0 Å². The van der Waals surface area contributed by atoms with Crippen LogP contribution in [0.2, 0.25) is 0 Å². The maximum atomic E-state index is 13.6. The molecule has 0 bridgehead atoms. The Morgan fingerprint density at radius 1 is 0.903 bits per heavy atom. The van der Waals surface area contributed by atoms with Crippen LogP contribution >= 0.6 is 11.8 Å². The number of aromatic hydroxyl groups is 1. The molecule has 1 N–H and O–H groups in total. The molecule has 0 saturated carbocycles. The number of pyridine rings is 1. The van der Waals surface area contributed by atoms with E-state index in [9.17, 15) is 19.1 Å². The quantitative estimate of drug-likeness (QED) is 0.403. The highest BCUT2D eigenvalue weighted by Gasteiger charge is 2.22. The minimum absolute atomic E-state index is 0.0128. The Bertz CT molecular complexity index is 1570. The standard InChI is InChI=1S/C24H14FNO4S/c25-14-7-6-10-16(13-14)31-22-20(27)19-21(30-24(22)29)17-11-4-5-12-18(17)26(23(19)28)15-8-2-1-3-9-15/h1-13,27H. The average molecular weight is 431 g/mol. The molecule has 0 aliphatic rings. The minimum Gasteiger partial charge on any atom is -0.505 e. The fraction of sp³-hybridized carbons (Fsp3) is 0. The van der Waals surface area contributed by atoms with Crippen molar-refractivity contribution in [2.75, 3.05) is 0 Å². The molecule has 0 spiro atoms. The molecule has 5 rings (SSSR count). The lowest BCUT2D eigenvalue weighted by molar-refractivity contribution is 0.447. The SMILES string of the molecule is O=c1oc2c(c(O)c1Sc1cccc(F)c1)c(=O)n(-c1ccccc1)c1ccccc21. The van der Waals surface area contributed by atoms with Crippen LogP contribution in [-0.4, -0.2) is 9.67 Å². The summed E-state index contributed by atoms with van der Waals surface area (Å²) >= 11 is 0.841. The lowest BCUT2D eigenvalue weighted by Crippen LogP contribution is -2.20. The fourth-order valence-electron chi connectivity index (χ4n) is 3.55. The summed E-state index contributed by atoms with van der Waals surface area (Å²) in [6.07, 6.45) is 0. The normalized spacial score (nSPS) is 11.3. The topological polar surface area (TPSA) is 72.4 Å². The van der Waals surface area contributed by atoms with Crippen LogP contribution in [-0.2, 0) is 0 Å². The summed E-state index contributed by atoms with van der Waals surface area (Å²) < 4.78 is 20.6. The molecule has 0 amide bonds. The lowest BCUT2D eigenvalue weighted by atomic mass is 10.1. The number of para-hydroxylation sites is 2. The van der Waals surface area contributed by atoms with Crippen molar-refractivity contribution in [1.82, 2.24) is 4.57 Å². The molecule has 0 radical (unpaired) electrons. The van der Waals surface area contributed by atoms with Gasteiger partial charge in [0.15, 0.2) is 11.3 Å². The van der Waals surface area contributed by atoms with Crippen LogP contribution < -0.4 is 11.2 Å². The van der Waals surface area contributed by atoms with Gasteiger partial charge in [-0.1, -0.05) is 48.2 Å². The second-order valence-corrected chi connectivity index (χ2v) is 7.91. The number of fused-ring (bicyclic) bond motifs is 3. The predicted octanol–water partition coefficient (Wildman–Crippen LogP) is 5.09. The van der Waals surface area contributed by atoms with Gasteiger partial charge in [0.2, 0.25) is 0 Å². The second kappa shape index (κ2) is 7.45. The summed E-state index contributed by atoms with van der Waals surface area (Å²) in [5.41, 5.74) is -0.169. The molecule has 0 unspecified atom stereocenters. The van der Waals surface area contributed by atoms with Gasteiger partial charge >= 0.3 is 5.63 Å². The summed E-state index contributed by atoms with van der Waals surface area (Å²) in [7, 11) is 0. The van der Waals surface area contributed by atoms with Crippen LogP contribution in [0, 0.1) is 5.82 Å². The van der Waals surface area contributed by atoms with E-state index in [0.29, 0.717) is 21.5 Å². The third-order valence-electron chi connectivity index (χ3n) is 4.90. The first-order valence-corrected chi connectivity index (χ1v) is 10.2. The van der Waals surface area contributed by atoms with Gasteiger partial charge in [0, 0.05) is 16.0 Å². The smallest absolute Gasteiger partial charge is 0.354 e. The van der Waals surface area contributed by atoms with E-state index < -0.39 is 22.8 Å². The summed E-state index contributed by atoms with van der Waals surface area (Å²) in [5, 5.41) is 11.4. The fourth-order valence-corrected chi connectivity index (χ4v) is 4.43. The zero-order valence-corrected chi connectivity index (χ0v) is 16.7. The van der Waals surface area contributed by atoms with Crippen LogP contribution in [0.1, 0.15) is 0 Å². The van der Waals surface area contributed by atoms with E-state index in [2.05, 4.69) is 0 Å². The van der Waals surface area contributed by atoms with E-state index in [-0.39, 0.29) is 15.9 Å². The van der Waals surface area contributed by atoms with Gasteiger partial charge in [0.25, 0.3) is 5.56 Å². The molecular formula is C24H14FNO4S. The molecule has 0 saturated heterocycles. The van der Waals surface area contributed by atoms with Crippen molar-refractivity contribution in [2.45, 2.75) is 9.79 Å². The first-order valence-electron chi connectivity index (χ1n) is 9.37. The van der Waals surface area contributed by atoms with Gasteiger partial charge in [-0.2, -0.15) is 0 Å². The van der Waals surface area contributed by atoms with E-state index in [1.165, 1.54) is 22.8 Å². The van der Waals surface area contributed by atoms with E-state index in [4.69, 9.17) is 4.42 Å². The maximum Gasteiger partial charge on any atom is 0.354 e. The van der Waals surface area contributed by atoms with Gasteiger partial charge in [-0.3, -0.25) is 9.36 Å². The molecule has 31 heavy (non-hydrogen) atoms. The van der Waals surface area contributed by atoms with Crippen LogP contribution in [0.25, 0.3) is 27.6 Å². The van der Waals surface area contributed by atoms with Gasteiger partial charge in [-0.15, -0.1) is 0 Å². The Labute approximate surface area is 179 Å². The second-order valence-electron chi connectivity index (χ2n) is 6.82. The van der Waals surface area contributed by atoms with Gasteiger partial charge in [0.1, 0.15) is 16.1 Å². The van der Waals surface area contributed by atoms with Crippen molar-refractivity contribution in [3.63, 3.8) is 0 Å². The zero-order valence-electron chi connectivity index (χ0n) is 15.9. The number of halogens is 1. The first kappa shape index (κ1) is 19.1. The van der Waals surface area contributed by atoms with Crippen molar-refractivity contribution in [2.24, 2.45) is 0 Å². The van der Waals surface area contributed by atoms with Gasteiger partial charge < -0.3 is 9.52 Å². The number of benzene rings is 3. The van der Waals surface area contributed by atoms with Gasteiger partial charge in [-0.25, -0.2) is 9.18 Å². The van der Waals surface area contributed by atoms with Gasteiger partial charge in [0.05, 0.1) is 5.52 Å². The van der Waals surface area contributed by atoms with Crippen molar-refractivity contribution >= 4 is 33.6 Å². The summed E-state index contributed by atoms with van der Waals surface area (Å²) in [4.78, 5) is 26.4. The van der Waals surface area contributed by atoms with Crippen LogP contribution in [0.3, 0.4) is 0 Å². The molecule has 0 aliphatic carbocycles. The predicted molar refractivity (Wildman–Crippen MR) is 118 cm³/mol. The molecule has 5 aromatic rings. The highest BCUT2D eigenvalue weighted by Crippen LogP contribution is 2.37. The maximum absolute atomic E-state index is 13.6. The van der Waals surface area contributed by atoms with Gasteiger partial charge in [-0.05, 0) is 42.5 Å². The van der Waals surface area contributed by atoms with E-state index in [1.54, 1.807) is 54.6 Å². The summed E-state index contributed by atoms with van der Waals surface area (Å²) in [6.45, 7) is 0. The third-order valence-corrected chi connectivity index (χ3v) is 5.95. The summed E-state index contributed by atoms with van der Waals surface area (Å²) in [6, 6.07) is 21.6.